The summed E-state index contributed by atoms with van der Waals surface area (Å²) in [7, 11) is -1.85. The van der Waals surface area contributed by atoms with Gasteiger partial charge >= 0.3 is 0 Å². The first-order valence-corrected chi connectivity index (χ1v) is 9.44. The van der Waals surface area contributed by atoms with Gasteiger partial charge in [-0.3, -0.25) is 0 Å². The number of sulfonamides is 1. The number of ether oxygens (including phenoxy) is 1. The summed E-state index contributed by atoms with van der Waals surface area (Å²) in [6.07, 6.45) is 0. The Balaban J connectivity index is 1.92. The van der Waals surface area contributed by atoms with E-state index in [2.05, 4.69) is 0 Å². The van der Waals surface area contributed by atoms with Crippen LogP contribution >= 0.6 is 11.8 Å². The zero-order chi connectivity index (χ0) is 15.6. The van der Waals surface area contributed by atoms with Gasteiger partial charge in [0.1, 0.15) is 5.75 Å². The summed E-state index contributed by atoms with van der Waals surface area (Å²) in [5.41, 5.74) is 0.975. The number of hydrogen-bond acceptors (Lipinski definition) is 4. The maximum atomic E-state index is 12.8. The van der Waals surface area contributed by atoms with Crippen molar-refractivity contribution in [1.29, 1.82) is 0 Å². The molecule has 0 radical (unpaired) electrons. The van der Waals surface area contributed by atoms with Crippen molar-refractivity contribution in [1.82, 2.24) is 4.31 Å². The summed E-state index contributed by atoms with van der Waals surface area (Å²) in [6, 6.07) is 16.2. The number of hydrogen-bond donors (Lipinski definition) is 0. The fourth-order valence-electron chi connectivity index (χ4n) is 2.46. The second-order valence-electron chi connectivity index (χ2n) is 4.93. The van der Waals surface area contributed by atoms with E-state index >= 15 is 0 Å². The van der Waals surface area contributed by atoms with Crippen molar-refractivity contribution in [2.45, 2.75) is 10.3 Å². The summed E-state index contributed by atoms with van der Waals surface area (Å²) in [5.74, 6) is 1.56. The fourth-order valence-corrected chi connectivity index (χ4v) is 5.72. The number of benzene rings is 2. The molecule has 3 rings (SSSR count). The third-order valence-electron chi connectivity index (χ3n) is 3.60. The Labute approximate surface area is 135 Å². The summed E-state index contributed by atoms with van der Waals surface area (Å²) >= 11 is 1.64. The fraction of sp³-hybridized carbons (Fsp3) is 0.250. The smallest absolute Gasteiger partial charge is 0.244 e. The molecule has 116 valence electrons. The largest absolute Gasteiger partial charge is 0.497 e. The van der Waals surface area contributed by atoms with Crippen LogP contribution in [0.2, 0.25) is 0 Å². The first-order chi connectivity index (χ1) is 10.6. The van der Waals surface area contributed by atoms with Crippen molar-refractivity contribution >= 4 is 21.8 Å². The molecule has 1 atom stereocenters. The predicted molar refractivity (Wildman–Crippen MR) is 88.5 cm³/mol. The van der Waals surface area contributed by atoms with Gasteiger partial charge in [0, 0.05) is 12.3 Å². The van der Waals surface area contributed by atoms with Crippen molar-refractivity contribution < 1.29 is 13.2 Å². The zero-order valence-electron chi connectivity index (χ0n) is 12.2. The standard InChI is InChI=1S/C16H17NO3S2/c1-20-14-9-7-13(8-10-14)16-17(11-12-21-16)22(18,19)15-5-3-2-4-6-15/h2-10,16H,11-12H2,1H3/t16-/m0/s1. The van der Waals surface area contributed by atoms with Crippen molar-refractivity contribution in [2.24, 2.45) is 0 Å². The molecule has 0 N–H and O–H groups in total. The highest BCUT2D eigenvalue weighted by molar-refractivity contribution is 8.01. The predicted octanol–water partition coefficient (Wildman–Crippen LogP) is 3.13. The van der Waals surface area contributed by atoms with E-state index < -0.39 is 10.0 Å². The maximum absolute atomic E-state index is 12.8. The Hall–Kier alpha value is -1.50. The van der Waals surface area contributed by atoms with E-state index in [1.165, 1.54) is 0 Å². The van der Waals surface area contributed by atoms with Crippen molar-refractivity contribution in [2.75, 3.05) is 19.4 Å². The Morgan fingerprint density at radius 1 is 1.09 bits per heavy atom. The van der Waals surface area contributed by atoms with Gasteiger partial charge in [0.25, 0.3) is 0 Å². The third-order valence-corrected chi connectivity index (χ3v) is 6.87. The molecule has 2 aromatic carbocycles. The van der Waals surface area contributed by atoms with Gasteiger partial charge < -0.3 is 4.74 Å². The SMILES string of the molecule is COc1ccc([C@@H]2SCCN2S(=O)(=O)c2ccccc2)cc1. The number of rotatable bonds is 4. The minimum Gasteiger partial charge on any atom is -0.497 e. The lowest BCUT2D eigenvalue weighted by atomic mass is 10.2. The quantitative estimate of drug-likeness (QED) is 0.861. The van der Waals surface area contributed by atoms with Crippen molar-refractivity contribution in [3.8, 4) is 5.75 Å². The molecule has 6 heteroatoms. The summed E-state index contributed by atoms with van der Waals surface area (Å²) in [5, 5.41) is -0.184. The summed E-state index contributed by atoms with van der Waals surface area (Å²) in [4.78, 5) is 0.344. The lowest BCUT2D eigenvalue weighted by molar-refractivity contribution is 0.413. The first kappa shape index (κ1) is 15.4. The van der Waals surface area contributed by atoms with Gasteiger partial charge in [-0.05, 0) is 29.8 Å². The molecular formula is C16H17NO3S2. The van der Waals surface area contributed by atoms with Gasteiger partial charge in [-0.25, -0.2) is 8.42 Å². The van der Waals surface area contributed by atoms with E-state index in [9.17, 15) is 8.42 Å². The molecule has 1 fully saturated rings. The van der Waals surface area contributed by atoms with E-state index in [-0.39, 0.29) is 5.37 Å². The molecule has 1 aliphatic rings. The van der Waals surface area contributed by atoms with Crippen LogP contribution in [0, 0.1) is 0 Å². The van der Waals surface area contributed by atoms with Crippen molar-refractivity contribution in [3.63, 3.8) is 0 Å². The first-order valence-electron chi connectivity index (χ1n) is 6.95. The number of thioether (sulfide) groups is 1. The highest BCUT2D eigenvalue weighted by atomic mass is 32.2. The Kier molecular flexibility index (Phi) is 4.42. The molecule has 0 saturated carbocycles. The second kappa shape index (κ2) is 6.32. The van der Waals surface area contributed by atoms with Crippen LogP contribution in [0.15, 0.2) is 59.5 Å². The molecule has 0 unspecified atom stereocenters. The van der Waals surface area contributed by atoms with Gasteiger partial charge in [-0.2, -0.15) is 4.31 Å². The van der Waals surface area contributed by atoms with E-state index in [0.29, 0.717) is 11.4 Å². The van der Waals surface area contributed by atoms with Gasteiger partial charge in [0.2, 0.25) is 10.0 Å². The van der Waals surface area contributed by atoms with E-state index in [1.54, 1.807) is 47.4 Å². The van der Waals surface area contributed by atoms with E-state index in [4.69, 9.17) is 4.74 Å². The molecule has 2 aromatic rings. The average molecular weight is 335 g/mol. The van der Waals surface area contributed by atoms with Gasteiger partial charge in [-0.15, -0.1) is 11.8 Å². The highest BCUT2D eigenvalue weighted by Gasteiger charge is 2.36. The van der Waals surface area contributed by atoms with Crippen LogP contribution in [0.4, 0.5) is 0 Å². The molecule has 1 heterocycles. The van der Waals surface area contributed by atoms with E-state index in [1.807, 2.05) is 30.3 Å². The summed E-state index contributed by atoms with van der Waals surface area (Å²) in [6.45, 7) is 0.526. The molecule has 0 bridgehead atoms. The molecule has 0 amide bonds. The topological polar surface area (TPSA) is 46.6 Å². The van der Waals surface area contributed by atoms with Crippen molar-refractivity contribution in [3.05, 3.63) is 60.2 Å². The lowest BCUT2D eigenvalue weighted by Crippen LogP contribution is -2.30. The van der Waals surface area contributed by atoms with Crippen LogP contribution in [-0.2, 0) is 10.0 Å². The Morgan fingerprint density at radius 3 is 2.41 bits per heavy atom. The molecule has 0 aliphatic carbocycles. The van der Waals surface area contributed by atoms with Crippen LogP contribution in [0.3, 0.4) is 0 Å². The minimum absolute atomic E-state index is 0.184. The second-order valence-corrected chi connectivity index (χ2v) is 8.00. The molecule has 1 saturated heterocycles. The number of nitrogens with zero attached hydrogens (tertiary/aromatic N) is 1. The van der Waals surface area contributed by atoms with Gasteiger partial charge in [0.05, 0.1) is 17.4 Å². The molecule has 22 heavy (non-hydrogen) atoms. The molecule has 0 aromatic heterocycles. The molecular weight excluding hydrogens is 318 g/mol. The summed E-state index contributed by atoms with van der Waals surface area (Å²) < 4.78 is 32.4. The Bertz CT molecular complexity index is 730. The van der Waals surface area contributed by atoms with Gasteiger partial charge in [-0.1, -0.05) is 30.3 Å². The maximum Gasteiger partial charge on any atom is 0.244 e. The minimum atomic E-state index is -3.47. The molecule has 1 aliphatic heterocycles. The normalized spacial score (nSPS) is 19.2. The van der Waals surface area contributed by atoms with Crippen LogP contribution < -0.4 is 4.74 Å². The van der Waals surface area contributed by atoms with Crippen LogP contribution in [0.25, 0.3) is 0 Å². The van der Waals surface area contributed by atoms with Crippen LogP contribution in [0.1, 0.15) is 10.9 Å². The average Bonchev–Trinajstić information content (AvgIpc) is 3.06. The van der Waals surface area contributed by atoms with E-state index in [0.717, 1.165) is 17.1 Å². The Morgan fingerprint density at radius 2 is 1.77 bits per heavy atom. The third kappa shape index (κ3) is 2.86. The molecule has 0 spiro atoms. The molecule has 4 nitrogen and oxygen atoms in total. The zero-order valence-corrected chi connectivity index (χ0v) is 13.8. The van der Waals surface area contributed by atoms with Gasteiger partial charge in [0.15, 0.2) is 0 Å². The monoisotopic (exact) mass is 335 g/mol. The van der Waals surface area contributed by atoms with Crippen LogP contribution in [0.5, 0.6) is 5.75 Å². The van der Waals surface area contributed by atoms with Crippen LogP contribution in [-0.4, -0.2) is 32.1 Å². The highest BCUT2D eigenvalue weighted by Crippen LogP contribution is 2.41. The number of methoxy groups -OCH3 is 1. The lowest BCUT2D eigenvalue weighted by Gasteiger charge is -2.23.